The first-order valence-corrected chi connectivity index (χ1v) is 10.7. The standard InChI is InChI=1S/C19H22N4O3S/c24-19(16-5-8-18-21-27(25,26)12-11-23(18)14-16)20-13-15-3-6-17(7-4-15)22-9-1-2-10-22/h3-8,14H,1-2,9-13H2,(H,20,24). The maximum Gasteiger partial charge on any atom is 0.256 e. The minimum atomic E-state index is -3.39. The number of sulfonamides is 1. The normalized spacial score (nSPS) is 20.7. The summed E-state index contributed by atoms with van der Waals surface area (Å²) in [6.07, 6.45) is 7.31. The molecule has 0 aliphatic carbocycles. The fourth-order valence-corrected chi connectivity index (χ4v) is 4.39. The average Bonchev–Trinajstić information content (AvgIpc) is 3.20. The molecule has 27 heavy (non-hydrogen) atoms. The molecule has 1 aromatic carbocycles. The van der Waals surface area contributed by atoms with E-state index in [1.54, 1.807) is 23.3 Å². The Morgan fingerprint density at radius 3 is 2.56 bits per heavy atom. The molecule has 4 rings (SSSR count). The number of amidine groups is 1. The summed E-state index contributed by atoms with van der Waals surface area (Å²) >= 11 is 0. The highest BCUT2D eigenvalue weighted by molar-refractivity contribution is 7.90. The summed E-state index contributed by atoms with van der Waals surface area (Å²) in [7, 11) is -3.39. The monoisotopic (exact) mass is 386 g/mol. The summed E-state index contributed by atoms with van der Waals surface area (Å²) < 4.78 is 26.8. The lowest BCUT2D eigenvalue weighted by atomic mass is 10.1. The van der Waals surface area contributed by atoms with Crippen LogP contribution in [0, 0.1) is 0 Å². The Kier molecular flexibility index (Phi) is 4.73. The molecule has 3 heterocycles. The van der Waals surface area contributed by atoms with Crippen LogP contribution in [0.5, 0.6) is 0 Å². The van der Waals surface area contributed by atoms with E-state index in [0.717, 1.165) is 18.7 Å². The molecule has 0 saturated carbocycles. The van der Waals surface area contributed by atoms with E-state index in [1.165, 1.54) is 18.5 Å². The fourth-order valence-electron chi connectivity index (χ4n) is 3.42. The van der Waals surface area contributed by atoms with E-state index in [4.69, 9.17) is 0 Å². The molecule has 0 spiro atoms. The van der Waals surface area contributed by atoms with Crippen molar-refractivity contribution >= 4 is 27.5 Å². The van der Waals surface area contributed by atoms with Crippen LogP contribution in [0.25, 0.3) is 0 Å². The maximum atomic E-state index is 12.4. The van der Waals surface area contributed by atoms with Crippen molar-refractivity contribution in [2.75, 3.05) is 30.3 Å². The molecule has 3 aliphatic rings. The molecule has 0 aromatic heterocycles. The summed E-state index contributed by atoms with van der Waals surface area (Å²) in [5.74, 6) is 0.122. The number of nitrogens with one attached hydrogen (secondary N) is 1. The number of rotatable bonds is 4. The molecule has 0 atom stereocenters. The SMILES string of the molecule is O=C(NCc1ccc(N2CCCC2)cc1)C1=CN2CCS(=O)(=O)N=C2C=C1. The van der Waals surface area contributed by atoms with E-state index in [2.05, 4.69) is 26.7 Å². The minimum absolute atomic E-state index is 0.0426. The van der Waals surface area contributed by atoms with Crippen LogP contribution in [-0.2, 0) is 21.4 Å². The average molecular weight is 386 g/mol. The number of benzene rings is 1. The Hall–Kier alpha value is -2.61. The van der Waals surface area contributed by atoms with Crippen molar-refractivity contribution in [2.45, 2.75) is 19.4 Å². The molecule has 0 unspecified atom stereocenters. The van der Waals surface area contributed by atoms with Gasteiger partial charge in [0.05, 0.1) is 11.3 Å². The highest BCUT2D eigenvalue weighted by atomic mass is 32.2. The Bertz CT molecular complexity index is 926. The second-order valence-electron chi connectivity index (χ2n) is 6.89. The first-order chi connectivity index (χ1) is 13.0. The van der Waals surface area contributed by atoms with Gasteiger partial charge in [-0.2, -0.15) is 0 Å². The van der Waals surface area contributed by atoms with Gasteiger partial charge >= 0.3 is 0 Å². The van der Waals surface area contributed by atoms with Crippen molar-refractivity contribution in [3.8, 4) is 0 Å². The van der Waals surface area contributed by atoms with E-state index in [-0.39, 0.29) is 11.7 Å². The lowest BCUT2D eigenvalue weighted by molar-refractivity contribution is -0.117. The zero-order valence-corrected chi connectivity index (χ0v) is 15.8. The van der Waals surface area contributed by atoms with Gasteiger partial charge in [-0.15, -0.1) is 4.40 Å². The van der Waals surface area contributed by atoms with Gasteiger partial charge < -0.3 is 15.1 Å². The lowest BCUT2D eigenvalue weighted by Crippen LogP contribution is -2.38. The summed E-state index contributed by atoms with van der Waals surface area (Å²) in [6.45, 7) is 2.97. The van der Waals surface area contributed by atoms with Gasteiger partial charge in [0.1, 0.15) is 5.84 Å². The summed E-state index contributed by atoms with van der Waals surface area (Å²) in [6, 6.07) is 8.28. The van der Waals surface area contributed by atoms with Crippen molar-refractivity contribution in [2.24, 2.45) is 4.40 Å². The molecule has 0 bridgehead atoms. The molecule has 1 amide bonds. The Balaban J connectivity index is 1.36. The number of nitrogens with zero attached hydrogens (tertiary/aromatic N) is 3. The minimum Gasteiger partial charge on any atom is -0.372 e. The van der Waals surface area contributed by atoms with Crippen molar-refractivity contribution in [3.05, 3.63) is 53.8 Å². The van der Waals surface area contributed by atoms with Crippen LogP contribution in [0.15, 0.2) is 52.6 Å². The quantitative estimate of drug-likeness (QED) is 0.846. The smallest absolute Gasteiger partial charge is 0.256 e. The number of fused-ring (bicyclic) bond motifs is 1. The molecule has 3 aliphatic heterocycles. The topological polar surface area (TPSA) is 82.1 Å². The van der Waals surface area contributed by atoms with Gasteiger partial charge in [0.15, 0.2) is 0 Å². The zero-order valence-electron chi connectivity index (χ0n) is 15.0. The molecule has 1 saturated heterocycles. The van der Waals surface area contributed by atoms with Crippen LogP contribution >= 0.6 is 0 Å². The Morgan fingerprint density at radius 2 is 1.81 bits per heavy atom. The molecule has 1 aromatic rings. The number of carbonyl (C=O) groups is 1. The van der Waals surface area contributed by atoms with Gasteiger partial charge in [0, 0.05) is 38.1 Å². The second-order valence-corrected chi connectivity index (χ2v) is 8.64. The zero-order chi connectivity index (χ0) is 18.9. The predicted molar refractivity (Wildman–Crippen MR) is 105 cm³/mol. The van der Waals surface area contributed by atoms with Gasteiger partial charge in [0.25, 0.3) is 15.9 Å². The van der Waals surface area contributed by atoms with Crippen LogP contribution in [0.2, 0.25) is 0 Å². The highest BCUT2D eigenvalue weighted by Gasteiger charge is 2.24. The van der Waals surface area contributed by atoms with E-state index >= 15 is 0 Å². The molecule has 0 radical (unpaired) electrons. The van der Waals surface area contributed by atoms with Crippen LogP contribution < -0.4 is 10.2 Å². The molecule has 1 N–H and O–H groups in total. The largest absolute Gasteiger partial charge is 0.372 e. The van der Waals surface area contributed by atoms with E-state index in [1.807, 2.05) is 12.1 Å². The van der Waals surface area contributed by atoms with E-state index in [9.17, 15) is 13.2 Å². The molecular formula is C19H22N4O3S. The number of hydrogen-bond acceptors (Lipinski definition) is 5. The first-order valence-electron chi connectivity index (χ1n) is 9.11. The summed E-state index contributed by atoms with van der Waals surface area (Å²) in [5.41, 5.74) is 2.76. The van der Waals surface area contributed by atoms with E-state index in [0.29, 0.717) is 24.5 Å². The van der Waals surface area contributed by atoms with Gasteiger partial charge in [-0.25, -0.2) is 8.42 Å². The third-order valence-corrected chi connectivity index (χ3v) is 6.11. The fraction of sp³-hybridized carbons (Fsp3) is 0.368. The van der Waals surface area contributed by atoms with Crippen molar-refractivity contribution in [1.29, 1.82) is 0 Å². The van der Waals surface area contributed by atoms with Crippen LogP contribution in [0.4, 0.5) is 5.69 Å². The molecule has 7 nitrogen and oxygen atoms in total. The van der Waals surface area contributed by atoms with Crippen LogP contribution in [0.3, 0.4) is 0 Å². The molecule has 8 heteroatoms. The highest BCUT2D eigenvalue weighted by Crippen LogP contribution is 2.20. The molecule has 142 valence electrons. The Labute approximate surface area is 159 Å². The third-order valence-electron chi connectivity index (χ3n) is 4.95. The van der Waals surface area contributed by atoms with Crippen molar-refractivity contribution in [3.63, 3.8) is 0 Å². The maximum absolute atomic E-state index is 12.4. The lowest BCUT2D eigenvalue weighted by Gasteiger charge is -2.26. The summed E-state index contributed by atoms with van der Waals surface area (Å²) in [5, 5.41) is 2.91. The van der Waals surface area contributed by atoms with Gasteiger partial charge in [-0.1, -0.05) is 12.1 Å². The van der Waals surface area contributed by atoms with Crippen molar-refractivity contribution in [1.82, 2.24) is 10.2 Å². The van der Waals surface area contributed by atoms with Crippen LogP contribution in [0.1, 0.15) is 18.4 Å². The molecular weight excluding hydrogens is 364 g/mol. The summed E-state index contributed by atoms with van der Waals surface area (Å²) in [4.78, 5) is 16.5. The second kappa shape index (κ2) is 7.19. The Morgan fingerprint density at radius 1 is 1.07 bits per heavy atom. The first kappa shape index (κ1) is 17.8. The van der Waals surface area contributed by atoms with Gasteiger partial charge in [-0.3, -0.25) is 4.79 Å². The third kappa shape index (κ3) is 4.05. The number of anilines is 1. The predicted octanol–water partition coefficient (Wildman–Crippen LogP) is 1.40. The van der Waals surface area contributed by atoms with Crippen LogP contribution in [-0.4, -0.2) is 50.4 Å². The van der Waals surface area contributed by atoms with E-state index < -0.39 is 10.0 Å². The van der Waals surface area contributed by atoms with Gasteiger partial charge in [-0.05, 0) is 42.7 Å². The number of hydrogen-bond donors (Lipinski definition) is 1. The number of carbonyl (C=O) groups excluding carboxylic acids is 1. The molecule has 1 fully saturated rings. The number of amides is 1. The van der Waals surface area contributed by atoms with Crippen molar-refractivity contribution < 1.29 is 13.2 Å². The van der Waals surface area contributed by atoms with Gasteiger partial charge in [0.2, 0.25) is 0 Å².